The molecule has 1 saturated carbocycles. The average molecular weight is 493 g/mol. The van der Waals surface area contributed by atoms with Gasteiger partial charge in [0.2, 0.25) is 5.91 Å². The number of hydrogen-bond donors (Lipinski definition) is 0. The van der Waals surface area contributed by atoms with E-state index in [9.17, 15) is 13.6 Å². The van der Waals surface area contributed by atoms with Crippen molar-refractivity contribution in [2.45, 2.75) is 44.4 Å². The number of halogens is 2. The molecule has 0 N–H and O–H groups in total. The van der Waals surface area contributed by atoms with Crippen LogP contribution >= 0.6 is 0 Å². The van der Waals surface area contributed by atoms with Crippen LogP contribution in [0.25, 0.3) is 11.6 Å². The van der Waals surface area contributed by atoms with Crippen molar-refractivity contribution in [1.82, 2.24) is 14.8 Å². The van der Waals surface area contributed by atoms with Crippen molar-refractivity contribution < 1.29 is 13.6 Å². The first-order valence-corrected chi connectivity index (χ1v) is 13.4. The number of fused-ring (bicyclic) bond motifs is 1. The molecular weight excluding hydrogens is 458 g/mol. The van der Waals surface area contributed by atoms with Gasteiger partial charge in [0, 0.05) is 56.0 Å². The van der Waals surface area contributed by atoms with Crippen molar-refractivity contribution in [3.05, 3.63) is 58.9 Å². The summed E-state index contributed by atoms with van der Waals surface area (Å²) in [6.07, 6.45) is 7.41. The highest BCUT2D eigenvalue weighted by molar-refractivity contribution is 5.92. The number of anilines is 1. The van der Waals surface area contributed by atoms with E-state index in [-0.39, 0.29) is 12.5 Å². The zero-order valence-corrected chi connectivity index (χ0v) is 20.9. The minimum Gasteiger partial charge on any atom is -0.367 e. The zero-order valence-electron chi connectivity index (χ0n) is 20.9. The molecule has 1 aromatic carbocycles. The van der Waals surface area contributed by atoms with Crippen molar-refractivity contribution in [3.8, 4) is 0 Å². The third-order valence-corrected chi connectivity index (χ3v) is 8.39. The fourth-order valence-electron chi connectivity index (χ4n) is 6.05. The van der Waals surface area contributed by atoms with Crippen molar-refractivity contribution in [1.29, 1.82) is 0 Å². The maximum atomic E-state index is 14.8. The minimum atomic E-state index is -2.70. The molecule has 1 aromatic heterocycles. The Morgan fingerprint density at radius 1 is 1.03 bits per heavy atom. The summed E-state index contributed by atoms with van der Waals surface area (Å²) in [6.45, 7) is 6.37. The van der Waals surface area contributed by atoms with Gasteiger partial charge in [-0.15, -0.1) is 0 Å². The summed E-state index contributed by atoms with van der Waals surface area (Å²) in [5.74, 6) is -2.82. The molecular formula is C29H34F2N4O. The molecule has 190 valence electrons. The van der Waals surface area contributed by atoms with Crippen LogP contribution in [-0.4, -0.2) is 72.4 Å². The van der Waals surface area contributed by atoms with Gasteiger partial charge in [0.15, 0.2) is 0 Å². The molecule has 36 heavy (non-hydrogen) atoms. The van der Waals surface area contributed by atoms with Gasteiger partial charge < -0.3 is 9.80 Å². The number of benzene rings is 1. The number of carbonyl (C=O) groups is 1. The van der Waals surface area contributed by atoms with Gasteiger partial charge >= 0.3 is 0 Å². The Bertz CT molecular complexity index is 1170. The SMILES string of the molecule is CCN1CC[C@@H](c2ccc(C3=Cc4c(N5CCN(C(=O)C6CC6)CC5)ccnc4C3)cc2)C(F)(F)C1. The fraction of sp³-hybridized carbons (Fsp3) is 0.517. The third-order valence-electron chi connectivity index (χ3n) is 8.39. The van der Waals surface area contributed by atoms with Crippen LogP contribution in [-0.2, 0) is 11.2 Å². The molecule has 7 heteroatoms. The van der Waals surface area contributed by atoms with Gasteiger partial charge in [-0.05, 0) is 61.2 Å². The lowest BCUT2D eigenvalue weighted by atomic mass is 9.85. The summed E-state index contributed by atoms with van der Waals surface area (Å²) in [5, 5.41) is 0. The Hall–Kier alpha value is -2.80. The van der Waals surface area contributed by atoms with Crippen molar-refractivity contribution in [2.75, 3.05) is 50.7 Å². The molecule has 0 spiro atoms. The number of hydrogen-bond acceptors (Lipinski definition) is 4. The predicted molar refractivity (Wildman–Crippen MR) is 138 cm³/mol. The summed E-state index contributed by atoms with van der Waals surface area (Å²) in [5.41, 5.74) is 6.35. The molecule has 0 unspecified atom stereocenters. The number of pyridine rings is 1. The summed E-state index contributed by atoms with van der Waals surface area (Å²) in [7, 11) is 0. The highest BCUT2D eigenvalue weighted by atomic mass is 19.3. The Kier molecular flexibility index (Phi) is 6.06. The lowest BCUT2D eigenvalue weighted by Gasteiger charge is -2.38. The Morgan fingerprint density at radius 3 is 2.44 bits per heavy atom. The van der Waals surface area contributed by atoms with Crippen LogP contribution in [0.5, 0.6) is 0 Å². The summed E-state index contributed by atoms with van der Waals surface area (Å²) >= 11 is 0. The maximum Gasteiger partial charge on any atom is 0.267 e. The number of piperidine rings is 1. The van der Waals surface area contributed by atoms with Gasteiger partial charge in [-0.25, -0.2) is 8.78 Å². The van der Waals surface area contributed by atoms with Crippen LogP contribution in [0.2, 0.25) is 0 Å². The summed E-state index contributed by atoms with van der Waals surface area (Å²) < 4.78 is 29.6. The number of rotatable bonds is 5. The molecule has 2 saturated heterocycles. The molecule has 2 aromatic rings. The van der Waals surface area contributed by atoms with E-state index < -0.39 is 11.8 Å². The van der Waals surface area contributed by atoms with E-state index in [1.165, 1.54) is 11.3 Å². The molecule has 2 aliphatic carbocycles. The quantitative estimate of drug-likeness (QED) is 0.608. The average Bonchev–Trinajstić information content (AvgIpc) is 3.65. The maximum absolute atomic E-state index is 14.8. The topological polar surface area (TPSA) is 39.7 Å². The van der Waals surface area contributed by atoms with Crippen LogP contribution < -0.4 is 4.90 Å². The highest BCUT2D eigenvalue weighted by Crippen LogP contribution is 2.41. The minimum absolute atomic E-state index is 0.159. The predicted octanol–water partition coefficient (Wildman–Crippen LogP) is 4.68. The highest BCUT2D eigenvalue weighted by Gasteiger charge is 2.44. The second-order valence-corrected chi connectivity index (χ2v) is 10.7. The Balaban J connectivity index is 1.17. The molecule has 1 atom stereocenters. The number of likely N-dealkylation sites (tertiary alicyclic amines) is 1. The van der Waals surface area contributed by atoms with Gasteiger partial charge in [-0.2, -0.15) is 0 Å². The molecule has 4 aliphatic rings. The van der Waals surface area contributed by atoms with Crippen molar-refractivity contribution in [3.63, 3.8) is 0 Å². The van der Waals surface area contributed by atoms with Gasteiger partial charge in [0.1, 0.15) is 0 Å². The zero-order chi connectivity index (χ0) is 24.9. The lowest BCUT2D eigenvalue weighted by Crippen LogP contribution is -2.49. The Morgan fingerprint density at radius 2 is 1.78 bits per heavy atom. The van der Waals surface area contributed by atoms with Crippen LogP contribution in [0, 0.1) is 5.92 Å². The molecule has 3 fully saturated rings. The normalized spacial score (nSPS) is 24.0. The monoisotopic (exact) mass is 492 g/mol. The number of amides is 1. The first kappa shape index (κ1) is 23.6. The van der Waals surface area contributed by atoms with E-state index in [1.807, 2.05) is 47.2 Å². The number of piperazine rings is 1. The largest absolute Gasteiger partial charge is 0.367 e. The number of allylic oxidation sites excluding steroid dienone is 1. The number of alkyl halides is 2. The standard InChI is InChI=1S/C29H34F2N4O/c1-2-33-12-10-25(29(30,31)19-33)21-5-3-20(4-6-21)23-17-24-26(18-23)32-11-9-27(24)34-13-15-35(16-14-34)28(36)22-7-8-22/h3-6,9,11,17,22,25H,2,7-8,10,12-16,18-19H2,1H3/t25-/m0/s1. The molecule has 2 aliphatic heterocycles. The summed E-state index contributed by atoms with van der Waals surface area (Å²) in [4.78, 5) is 23.3. The van der Waals surface area contributed by atoms with Gasteiger partial charge in [-0.3, -0.25) is 14.7 Å². The van der Waals surface area contributed by atoms with Gasteiger partial charge in [0.25, 0.3) is 5.92 Å². The second kappa shape index (κ2) is 9.25. The third kappa shape index (κ3) is 4.42. The molecule has 0 radical (unpaired) electrons. The first-order chi connectivity index (χ1) is 17.4. The van der Waals surface area contributed by atoms with E-state index in [2.05, 4.69) is 22.0 Å². The number of aromatic nitrogens is 1. The van der Waals surface area contributed by atoms with E-state index >= 15 is 0 Å². The van der Waals surface area contributed by atoms with E-state index in [4.69, 9.17) is 0 Å². The second-order valence-electron chi connectivity index (χ2n) is 10.7. The lowest BCUT2D eigenvalue weighted by molar-refractivity contribution is -0.132. The van der Waals surface area contributed by atoms with E-state index in [1.54, 1.807) is 0 Å². The molecule has 0 bridgehead atoms. The van der Waals surface area contributed by atoms with Gasteiger partial charge in [-0.1, -0.05) is 31.2 Å². The van der Waals surface area contributed by atoms with Gasteiger partial charge in [0.05, 0.1) is 18.2 Å². The molecule has 1 amide bonds. The van der Waals surface area contributed by atoms with Crippen LogP contribution in [0.4, 0.5) is 14.5 Å². The Labute approximate surface area is 211 Å². The van der Waals surface area contributed by atoms with Crippen molar-refractivity contribution in [2.24, 2.45) is 5.92 Å². The van der Waals surface area contributed by atoms with Crippen LogP contribution in [0.3, 0.4) is 0 Å². The van der Waals surface area contributed by atoms with Crippen molar-refractivity contribution >= 4 is 23.2 Å². The van der Waals surface area contributed by atoms with Crippen LogP contribution in [0.1, 0.15) is 54.5 Å². The number of nitrogens with zero attached hydrogens (tertiary/aromatic N) is 4. The van der Waals surface area contributed by atoms with E-state index in [0.717, 1.165) is 74.4 Å². The van der Waals surface area contributed by atoms with Crippen LogP contribution in [0.15, 0.2) is 36.5 Å². The summed E-state index contributed by atoms with van der Waals surface area (Å²) in [6, 6.07) is 9.85. The molecule has 6 rings (SSSR count). The number of carbonyl (C=O) groups excluding carboxylic acids is 1. The smallest absolute Gasteiger partial charge is 0.267 e. The van der Waals surface area contributed by atoms with E-state index in [0.29, 0.717) is 18.9 Å². The molecule has 5 nitrogen and oxygen atoms in total. The first-order valence-electron chi connectivity index (χ1n) is 13.4. The fourth-order valence-corrected chi connectivity index (χ4v) is 6.05. The molecule has 3 heterocycles.